The predicted octanol–water partition coefficient (Wildman–Crippen LogP) is 5.67. The Morgan fingerprint density at radius 3 is 2.33 bits per heavy atom. The lowest BCUT2D eigenvalue weighted by atomic mass is 9.83. The number of ether oxygens (including phenoxy) is 1. The van der Waals surface area contributed by atoms with Crippen LogP contribution in [0.15, 0.2) is 18.2 Å². The molecular formula is C16H25ClO. The van der Waals surface area contributed by atoms with Crippen LogP contribution in [0.25, 0.3) is 0 Å². The molecule has 0 heterocycles. The summed E-state index contributed by atoms with van der Waals surface area (Å²) in [5, 5.41) is 0.837. The molecule has 0 aromatic heterocycles. The van der Waals surface area contributed by atoms with Gasteiger partial charge < -0.3 is 4.74 Å². The Morgan fingerprint density at radius 2 is 1.89 bits per heavy atom. The molecule has 0 radical (unpaired) electrons. The van der Waals surface area contributed by atoms with Gasteiger partial charge in [0.15, 0.2) is 0 Å². The lowest BCUT2D eigenvalue weighted by Gasteiger charge is -2.34. The van der Waals surface area contributed by atoms with Gasteiger partial charge in [-0.05, 0) is 48.4 Å². The average molecular weight is 269 g/mol. The zero-order valence-corrected chi connectivity index (χ0v) is 12.9. The molecule has 1 fully saturated rings. The lowest BCUT2D eigenvalue weighted by Crippen LogP contribution is -2.34. The first kappa shape index (κ1) is 15.4. The van der Waals surface area contributed by atoms with Crippen molar-refractivity contribution in [1.82, 2.24) is 0 Å². The van der Waals surface area contributed by atoms with Crippen LogP contribution in [0.4, 0.5) is 0 Å². The van der Waals surface area contributed by atoms with E-state index >= 15 is 0 Å². The van der Waals surface area contributed by atoms with Crippen LogP contribution < -0.4 is 4.74 Å². The number of rotatable bonds is 3. The summed E-state index contributed by atoms with van der Waals surface area (Å²) in [6.07, 6.45) is 2.87. The SMILES string of the molecule is CC.CC(C)c1cc(O[C@@H]2CC[C@H]2C)ccc1Cl. The third-order valence-electron chi connectivity index (χ3n) is 3.42. The van der Waals surface area contributed by atoms with E-state index in [1.807, 2.05) is 26.0 Å². The standard InChI is InChI=1S/C14H19ClO.C2H6/c1-9(2)12-8-11(5-6-13(12)15)16-14-7-4-10(14)3;1-2/h5-6,8-10,14H,4,7H2,1-3H3;1-2H3/t10-,14-;/m1./s1. The van der Waals surface area contributed by atoms with Crippen molar-refractivity contribution in [2.24, 2.45) is 5.92 Å². The highest BCUT2D eigenvalue weighted by Gasteiger charge is 2.28. The molecule has 1 aromatic carbocycles. The maximum Gasteiger partial charge on any atom is 0.120 e. The van der Waals surface area contributed by atoms with Gasteiger partial charge in [0.2, 0.25) is 0 Å². The fraction of sp³-hybridized carbons (Fsp3) is 0.625. The van der Waals surface area contributed by atoms with Gasteiger partial charge in [0.05, 0.1) is 0 Å². The van der Waals surface area contributed by atoms with Gasteiger partial charge in [-0.2, -0.15) is 0 Å². The summed E-state index contributed by atoms with van der Waals surface area (Å²) in [7, 11) is 0. The molecule has 0 aliphatic heterocycles. The molecule has 18 heavy (non-hydrogen) atoms. The molecule has 0 saturated heterocycles. The topological polar surface area (TPSA) is 9.23 Å². The zero-order valence-electron chi connectivity index (χ0n) is 12.2. The van der Waals surface area contributed by atoms with Gasteiger partial charge in [-0.25, -0.2) is 0 Å². The van der Waals surface area contributed by atoms with Gasteiger partial charge in [0, 0.05) is 5.02 Å². The van der Waals surface area contributed by atoms with E-state index in [1.54, 1.807) is 0 Å². The van der Waals surface area contributed by atoms with E-state index < -0.39 is 0 Å². The van der Waals surface area contributed by atoms with Crippen molar-refractivity contribution in [3.63, 3.8) is 0 Å². The van der Waals surface area contributed by atoms with Crippen LogP contribution in [0.3, 0.4) is 0 Å². The Balaban J connectivity index is 0.000000771. The van der Waals surface area contributed by atoms with Crippen molar-refractivity contribution in [2.75, 3.05) is 0 Å². The van der Waals surface area contributed by atoms with Crippen molar-refractivity contribution in [1.29, 1.82) is 0 Å². The molecule has 1 aromatic rings. The first-order valence-electron chi connectivity index (χ1n) is 7.04. The van der Waals surface area contributed by atoms with Crippen LogP contribution in [0, 0.1) is 5.92 Å². The fourth-order valence-electron chi connectivity index (χ4n) is 2.02. The normalized spacial score (nSPS) is 21.9. The minimum atomic E-state index is 0.404. The van der Waals surface area contributed by atoms with Crippen molar-refractivity contribution < 1.29 is 4.74 Å². The lowest BCUT2D eigenvalue weighted by molar-refractivity contribution is 0.0576. The largest absolute Gasteiger partial charge is 0.490 e. The molecule has 1 saturated carbocycles. The second-order valence-corrected chi connectivity index (χ2v) is 5.46. The predicted molar refractivity (Wildman–Crippen MR) is 79.7 cm³/mol. The first-order chi connectivity index (χ1) is 8.58. The van der Waals surface area contributed by atoms with Crippen LogP contribution in [-0.4, -0.2) is 6.10 Å². The minimum absolute atomic E-state index is 0.404. The maximum atomic E-state index is 6.15. The van der Waals surface area contributed by atoms with Crippen LogP contribution in [0.2, 0.25) is 5.02 Å². The number of hydrogen-bond acceptors (Lipinski definition) is 1. The summed E-state index contributed by atoms with van der Waals surface area (Å²) in [6, 6.07) is 5.99. The molecular weight excluding hydrogens is 244 g/mol. The summed E-state index contributed by atoms with van der Waals surface area (Å²) in [5.41, 5.74) is 1.17. The quantitative estimate of drug-likeness (QED) is 0.687. The van der Waals surface area contributed by atoms with E-state index in [0.717, 1.165) is 10.8 Å². The van der Waals surface area contributed by atoms with Gasteiger partial charge in [0.25, 0.3) is 0 Å². The first-order valence-corrected chi connectivity index (χ1v) is 7.42. The Hall–Kier alpha value is -0.690. The third-order valence-corrected chi connectivity index (χ3v) is 3.76. The molecule has 1 nitrogen and oxygen atoms in total. The van der Waals surface area contributed by atoms with Gasteiger partial charge in [0.1, 0.15) is 11.9 Å². The number of halogens is 1. The maximum absolute atomic E-state index is 6.15. The van der Waals surface area contributed by atoms with Gasteiger partial charge >= 0.3 is 0 Å². The van der Waals surface area contributed by atoms with E-state index in [-0.39, 0.29) is 0 Å². The Labute approximate surface area is 116 Å². The number of hydrogen-bond donors (Lipinski definition) is 0. The van der Waals surface area contributed by atoms with Crippen LogP contribution in [0.5, 0.6) is 5.75 Å². The molecule has 0 bridgehead atoms. The molecule has 1 aliphatic carbocycles. The zero-order chi connectivity index (χ0) is 13.7. The summed E-state index contributed by atoms with van der Waals surface area (Å²) in [6.45, 7) is 10.5. The Morgan fingerprint density at radius 1 is 1.22 bits per heavy atom. The Bertz CT molecular complexity index is 373. The van der Waals surface area contributed by atoms with E-state index in [2.05, 4.69) is 26.8 Å². The van der Waals surface area contributed by atoms with E-state index in [0.29, 0.717) is 17.9 Å². The van der Waals surface area contributed by atoms with Crippen molar-refractivity contribution >= 4 is 11.6 Å². The van der Waals surface area contributed by atoms with Crippen LogP contribution in [-0.2, 0) is 0 Å². The fourth-order valence-corrected chi connectivity index (χ4v) is 2.36. The Kier molecular flexibility index (Phi) is 6.01. The van der Waals surface area contributed by atoms with E-state index in [9.17, 15) is 0 Å². The summed E-state index contributed by atoms with van der Waals surface area (Å²) < 4.78 is 5.95. The molecule has 102 valence electrons. The summed E-state index contributed by atoms with van der Waals surface area (Å²) in [5.74, 6) is 2.10. The molecule has 2 heteroatoms. The molecule has 0 spiro atoms. The third kappa shape index (κ3) is 3.65. The second-order valence-electron chi connectivity index (χ2n) is 5.05. The van der Waals surface area contributed by atoms with Crippen molar-refractivity contribution in [2.45, 2.75) is 59.5 Å². The van der Waals surface area contributed by atoms with Gasteiger partial charge in [-0.3, -0.25) is 0 Å². The molecule has 2 rings (SSSR count). The van der Waals surface area contributed by atoms with Gasteiger partial charge in [-0.15, -0.1) is 0 Å². The second kappa shape index (κ2) is 7.04. The molecule has 0 amide bonds. The minimum Gasteiger partial charge on any atom is -0.490 e. The monoisotopic (exact) mass is 268 g/mol. The number of benzene rings is 1. The van der Waals surface area contributed by atoms with Crippen LogP contribution in [0.1, 0.15) is 58.9 Å². The van der Waals surface area contributed by atoms with Crippen LogP contribution >= 0.6 is 11.6 Å². The highest BCUT2D eigenvalue weighted by molar-refractivity contribution is 6.31. The molecule has 2 atom stereocenters. The van der Waals surface area contributed by atoms with Crippen molar-refractivity contribution in [3.05, 3.63) is 28.8 Å². The highest BCUT2D eigenvalue weighted by atomic mass is 35.5. The molecule has 0 N–H and O–H groups in total. The molecule has 1 aliphatic rings. The highest BCUT2D eigenvalue weighted by Crippen LogP contribution is 2.33. The van der Waals surface area contributed by atoms with Gasteiger partial charge in [-0.1, -0.05) is 46.2 Å². The van der Waals surface area contributed by atoms with E-state index in [4.69, 9.17) is 16.3 Å². The summed E-state index contributed by atoms with van der Waals surface area (Å²) in [4.78, 5) is 0. The summed E-state index contributed by atoms with van der Waals surface area (Å²) >= 11 is 6.15. The molecule has 0 unspecified atom stereocenters. The average Bonchev–Trinajstić information content (AvgIpc) is 2.38. The van der Waals surface area contributed by atoms with E-state index in [1.165, 1.54) is 18.4 Å². The smallest absolute Gasteiger partial charge is 0.120 e. The van der Waals surface area contributed by atoms with Crippen molar-refractivity contribution in [3.8, 4) is 5.75 Å².